The number of rotatable bonds is 6. The third-order valence-corrected chi connectivity index (χ3v) is 3.73. The van der Waals surface area contributed by atoms with E-state index >= 15 is 0 Å². The molecule has 3 heterocycles. The summed E-state index contributed by atoms with van der Waals surface area (Å²) in [5, 5.41) is 9.31. The van der Waals surface area contributed by atoms with E-state index in [2.05, 4.69) is 15.4 Å². The molecule has 0 atom stereocenters. The Hall–Kier alpha value is -2.45. The number of nitrogens with one attached hydrogen (secondary N) is 1. The number of carbonyl (C=O) groups is 1. The Morgan fingerprint density at radius 1 is 1.45 bits per heavy atom. The summed E-state index contributed by atoms with van der Waals surface area (Å²) < 4.78 is 11.4. The molecule has 8 heteroatoms. The molecule has 0 saturated carbocycles. The molecule has 0 bridgehead atoms. The lowest BCUT2D eigenvalue weighted by atomic mass is 10.4. The van der Waals surface area contributed by atoms with Crippen molar-refractivity contribution in [1.82, 2.24) is 14.8 Å². The Balaban J connectivity index is 1.86. The van der Waals surface area contributed by atoms with Crippen molar-refractivity contribution in [3.63, 3.8) is 0 Å². The topological polar surface area (TPSA) is 82.2 Å². The Kier molecular flexibility index (Phi) is 4.31. The fourth-order valence-corrected chi connectivity index (χ4v) is 2.52. The Labute approximate surface area is 130 Å². The second-order valence-corrected chi connectivity index (χ2v) is 5.44. The molecule has 7 nitrogen and oxygen atoms in total. The van der Waals surface area contributed by atoms with Crippen LogP contribution in [-0.4, -0.2) is 34.4 Å². The van der Waals surface area contributed by atoms with E-state index in [0.29, 0.717) is 24.1 Å². The van der Waals surface area contributed by atoms with E-state index in [4.69, 9.17) is 9.15 Å². The summed E-state index contributed by atoms with van der Waals surface area (Å²) in [6.45, 7) is 0.489. The molecular formula is C14H14N4O3S. The molecule has 0 spiro atoms. The van der Waals surface area contributed by atoms with Gasteiger partial charge in [-0.3, -0.25) is 4.79 Å². The number of carbonyl (C=O) groups excluding carboxylic acids is 1. The zero-order valence-electron chi connectivity index (χ0n) is 11.9. The molecule has 3 aromatic heterocycles. The third kappa shape index (κ3) is 3.07. The summed E-state index contributed by atoms with van der Waals surface area (Å²) >= 11 is 1.62. The van der Waals surface area contributed by atoms with Gasteiger partial charge in [0.25, 0.3) is 5.91 Å². The van der Waals surface area contributed by atoms with Crippen LogP contribution in [0.25, 0.3) is 11.6 Å². The SMILES string of the molecule is COCC(=O)n1nc(-c2ccco2)nc1NCc1cccs1. The molecule has 0 radical (unpaired) electrons. The van der Waals surface area contributed by atoms with E-state index in [-0.39, 0.29) is 12.5 Å². The van der Waals surface area contributed by atoms with Crippen molar-refractivity contribution in [2.45, 2.75) is 6.54 Å². The van der Waals surface area contributed by atoms with Gasteiger partial charge in [0.05, 0.1) is 12.8 Å². The lowest BCUT2D eigenvalue weighted by Gasteiger charge is -2.05. The zero-order valence-corrected chi connectivity index (χ0v) is 12.7. The minimum Gasteiger partial charge on any atom is -0.461 e. The van der Waals surface area contributed by atoms with E-state index in [1.54, 1.807) is 23.5 Å². The van der Waals surface area contributed by atoms with Crippen LogP contribution < -0.4 is 5.32 Å². The monoisotopic (exact) mass is 318 g/mol. The first kappa shape index (κ1) is 14.5. The quantitative estimate of drug-likeness (QED) is 0.752. The summed E-state index contributed by atoms with van der Waals surface area (Å²) in [5.41, 5.74) is 0. The highest BCUT2D eigenvalue weighted by molar-refractivity contribution is 7.09. The standard InChI is InChI=1S/C14H14N4O3S/c1-20-9-12(19)18-14(15-8-10-4-3-7-22-10)16-13(17-18)11-5-2-6-21-11/h2-7H,8-9H2,1H3,(H,15,16,17). The molecule has 3 rings (SSSR count). The van der Waals surface area contributed by atoms with Gasteiger partial charge in [0.1, 0.15) is 6.61 Å². The highest BCUT2D eigenvalue weighted by atomic mass is 32.1. The third-order valence-electron chi connectivity index (χ3n) is 2.85. The number of anilines is 1. The lowest BCUT2D eigenvalue weighted by Crippen LogP contribution is -2.20. The smallest absolute Gasteiger partial charge is 0.276 e. The number of hydrogen-bond acceptors (Lipinski definition) is 7. The second-order valence-electron chi connectivity index (χ2n) is 4.41. The zero-order chi connectivity index (χ0) is 15.4. The molecule has 0 aromatic carbocycles. The fourth-order valence-electron chi connectivity index (χ4n) is 1.87. The Morgan fingerprint density at radius 3 is 3.05 bits per heavy atom. The maximum Gasteiger partial charge on any atom is 0.276 e. The molecule has 0 amide bonds. The first-order valence-electron chi connectivity index (χ1n) is 6.57. The molecule has 0 unspecified atom stereocenters. The van der Waals surface area contributed by atoms with E-state index in [0.717, 1.165) is 4.88 Å². The van der Waals surface area contributed by atoms with Gasteiger partial charge < -0.3 is 14.5 Å². The lowest BCUT2D eigenvalue weighted by molar-refractivity contribution is 0.0748. The molecule has 0 aliphatic rings. The minimum absolute atomic E-state index is 0.0748. The predicted molar refractivity (Wildman–Crippen MR) is 81.9 cm³/mol. The van der Waals surface area contributed by atoms with Gasteiger partial charge in [-0.05, 0) is 23.6 Å². The molecule has 3 aromatic rings. The van der Waals surface area contributed by atoms with Gasteiger partial charge >= 0.3 is 0 Å². The summed E-state index contributed by atoms with van der Waals surface area (Å²) in [5.74, 6) is 0.912. The molecular weight excluding hydrogens is 304 g/mol. The Bertz CT molecular complexity index is 734. The van der Waals surface area contributed by atoms with Crippen molar-refractivity contribution in [2.75, 3.05) is 19.0 Å². The van der Waals surface area contributed by atoms with Crippen LogP contribution in [0.15, 0.2) is 40.3 Å². The van der Waals surface area contributed by atoms with Gasteiger partial charge in [0, 0.05) is 12.0 Å². The van der Waals surface area contributed by atoms with Crippen molar-refractivity contribution in [2.24, 2.45) is 0 Å². The molecule has 0 aliphatic heterocycles. The van der Waals surface area contributed by atoms with Crippen LogP contribution in [0.1, 0.15) is 9.67 Å². The number of nitrogens with zero attached hydrogens (tertiary/aromatic N) is 3. The molecule has 22 heavy (non-hydrogen) atoms. The van der Waals surface area contributed by atoms with Crippen LogP contribution in [0.4, 0.5) is 5.95 Å². The van der Waals surface area contributed by atoms with Gasteiger partial charge in [0.15, 0.2) is 5.76 Å². The molecule has 0 aliphatic carbocycles. The minimum atomic E-state index is -0.304. The number of hydrogen-bond donors (Lipinski definition) is 1. The van der Waals surface area contributed by atoms with E-state index in [1.807, 2.05) is 17.5 Å². The van der Waals surface area contributed by atoms with Crippen molar-refractivity contribution in [3.8, 4) is 11.6 Å². The summed E-state index contributed by atoms with van der Waals surface area (Å²) in [6.07, 6.45) is 1.53. The van der Waals surface area contributed by atoms with Crippen LogP contribution in [0, 0.1) is 0 Å². The first-order chi connectivity index (χ1) is 10.8. The van der Waals surface area contributed by atoms with Gasteiger partial charge in [-0.15, -0.1) is 16.4 Å². The predicted octanol–water partition coefficient (Wildman–Crippen LogP) is 2.50. The molecule has 114 valence electrons. The van der Waals surface area contributed by atoms with E-state index < -0.39 is 0 Å². The summed E-state index contributed by atoms with van der Waals surface area (Å²) in [7, 11) is 1.46. The maximum atomic E-state index is 12.1. The average molecular weight is 318 g/mol. The number of ether oxygens (including phenoxy) is 1. The molecule has 1 N–H and O–H groups in total. The Morgan fingerprint density at radius 2 is 2.36 bits per heavy atom. The largest absolute Gasteiger partial charge is 0.461 e. The summed E-state index contributed by atoms with van der Waals surface area (Å²) in [4.78, 5) is 17.5. The normalized spacial score (nSPS) is 10.8. The van der Waals surface area contributed by atoms with Crippen LogP contribution >= 0.6 is 11.3 Å². The van der Waals surface area contributed by atoms with Gasteiger partial charge in [-0.25, -0.2) is 0 Å². The second kappa shape index (κ2) is 6.54. The highest BCUT2D eigenvalue weighted by Gasteiger charge is 2.18. The first-order valence-corrected chi connectivity index (χ1v) is 7.45. The van der Waals surface area contributed by atoms with Crippen molar-refractivity contribution >= 4 is 23.2 Å². The highest BCUT2D eigenvalue weighted by Crippen LogP contribution is 2.19. The van der Waals surface area contributed by atoms with Crippen LogP contribution in [0.5, 0.6) is 0 Å². The fraction of sp³-hybridized carbons (Fsp3) is 0.214. The van der Waals surface area contributed by atoms with E-state index in [9.17, 15) is 4.79 Å². The maximum absolute atomic E-state index is 12.1. The average Bonchev–Trinajstić information content (AvgIpc) is 3.25. The van der Waals surface area contributed by atoms with Crippen molar-refractivity contribution in [1.29, 1.82) is 0 Å². The van der Waals surface area contributed by atoms with Crippen molar-refractivity contribution < 1.29 is 13.9 Å². The van der Waals surface area contributed by atoms with Gasteiger partial charge in [-0.1, -0.05) is 6.07 Å². The van der Waals surface area contributed by atoms with Crippen LogP contribution in [0.3, 0.4) is 0 Å². The van der Waals surface area contributed by atoms with Crippen molar-refractivity contribution in [3.05, 3.63) is 40.8 Å². The van der Waals surface area contributed by atoms with Crippen LogP contribution in [0.2, 0.25) is 0 Å². The number of aromatic nitrogens is 3. The number of thiophene rings is 1. The molecule has 0 saturated heterocycles. The van der Waals surface area contributed by atoms with E-state index in [1.165, 1.54) is 18.1 Å². The number of furan rings is 1. The van der Waals surface area contributed by atoms with Gasteiger partial charge in [0.2, 0.25) is 11.8 Å². The van der Waals surface area contributed by atoms with Crippen LogP contribution in [-0.2, 0) is 11.3 Å². The molecule has 0 fully saturated rings. The summed E-state index contributed by atoms with van der Waals surface area (Å²) in [6, 6.07) is 7.45. The number of methoxy groups -OCH3 is 1. The van der Waals surface area contributed by atoms with Gasteiger partial charge in [-0.2, -0.15) is 9.67 Å².